The van der Waals surface area contributed by atoms with Crippen molar-refractivity contribution in [3.8, 4) is 0 Å². The number of rotatable bonds is 6. The van der Waals surface area contributed by atoms with Gasteiger partial charge in [-0.05, 0) is 18.4 Å². The summed E-state index contributed by atoms with van der Waals surface area (Å²) >= 11 is 0. The molecule has 2 heterocycles. The Hall–Kier alpha value is -1.77. The first-order valence-corrected chi connectivity index (χ1v) is 10.7. The Bertz CT molecular complexity index is 843. The highest BCUT2D eigenvalue weighted by atomic mass is 32.2. The number of fused-ring (bicyclic) bond motifs is 1. The van der Waals surface area contributed by atoms with Gasteiger partial charge in [-0.2, -0.15) is 0 Å². The van der Waals surface area contributed by atoms with E-state index in [1.807, 2.05) is 45.0 Å². The summed E-state index contributed by atoms with van der Waals surface area (Å²) < 4.78 is 30.4. The van der Waals surface area contributed by atoms with Crippen molar-refractivity contribution in [2.75, 3.05) is 13.1 Å². The Labute approximate surface area is 155 Å². The Morgan fingerprint density at radius 2 is 1.92 bits per heavy atom. The van der Waals surface area contributed by atoms with Crippen LogP contribution in [0.3, 0.4) is 0 Å². The van der Waals surface area contributed by atoms with Crippen molar-refractivity contribution >= 4 is 10.0 Å². The molecule has 0 bridgehead atoms. The third-order valence-electron chi connectivity index (χ3n) is 4.62. The number of benzene rings is 1. The maximum absolute atomic E-state index is 12.8. The zero-order valence-corrected chi connectivity index (χ0v) is 16.4. The molecular weight excluding hydrogens is 350 g/mol. The first-order chi connectivity index (χ1) is 12.4. The number of nitrogens with zero attached hydrogens (tertiary/aromatic N) is 3. The molecule has 8 heteroatoms. The van der Waals surface area contributed by atoms with E-state index in [-0.39, 0.29) is 11.7 Å². The maximum Gasteiger partial charge on any atom is 0.216 e. The van der Waals surface area contributed by atoms with Crippen LogP contribution in [0.1, 0.15) is 42.7 Å². The maximum atomic E-state index is 12.8. The van der Waals surface area contributed by atoms with Crippen LogP contribution < -0.4 is 10.0 Å². The van der Waals surface area contributed by atoms with Gasteiger partial charge < -0.3 is 9.88 Å². The predicted octanol–water partition coefficient (Wildman–Crippen LogP) is 1.55. The number of aromatic nitrogens is 3. The fraction of sp³-hybridized carbons (Fsp3) is 0.556. The van der Waals surface area contributed by atoms with E-state index in [9.17, 15) is 8.42 Å². The van der Waals surface area contributed by atoms with Crippen molar-refractivity contribution < 1.29 is 8.42 Å². The van der Waals surface area contributed by atoms with E-state index < -0.39 is 16.1 Å². The molecule has 0 spiro atoms. The Balaban J connectivity index is 1.82. The molecule has 0 unspecified atom stereocenters. The molecule has 0 radical (unpaired) electrons. The van der Waals surface area contributed by atoms with Crippen molar-refractivity contribution in [3.63, 3.8) is 0 Å². The average Bonchev–Trinajstić information content (AvgIpc) is 2.82. The average molecular weight is 378 g/mol. The summed E-state index contributed by atoms with van der Waals surface area (Å²) in [5.74, 6) is 1.63. The van der Waals surface area contributed by atoms with E-state index in [1.165, 1.54) is 0 Å². The SMILES string of the molecule is Cc1ccc(CS(=O)(=O)N[C@H](c2nnc3n2CCNCC3)C(C)C)cc1. The molecule has 26 heavy (non-hydrogen) atoms. The first kappa shape index (κ1) is 19.0. The molecule has 0 amide bonds. The zero-order chi connectivity index (χ0) is 18.7. The topological polar surface area (TPSA) is 88.9 Å². The smallest absolute Gasteiger partial charge is 0.216 e. The van der Waals surface area contributed by atoms with Crippen LogP contribution in [0.2, 0.25) is 0 Å². The van der Waals surface area contributed by atoms with Crippen LogP contribution in [0.25, 0.3) is 0 Å². The third-order valence-corrected chi connectivity index (χ3v) is 5.95. The van der Waals surface area contributed by atoms with Crippen molar-refractivity contribution in [3.05, 3.63) is 47.0 Å². The fourth-order valence-electron chi connectivity index (χ4n) is 3.15. The van der Waals surface area contributed by atoms with Gasteiger partial charge in [0.1, 0.15) is 5.82 Å². The molecule has 2 N–H and O–H groups in total. The van der Waals surface area contributed by atoms with Crippen molar-refractivity contribution in [1.82, 2.24) is 24.8 Å². The number of hydrogen-bond acceptors (Lipinski definition) is 5. The van der Waals surface area contributed by atoms with Gasteiger partial charge in [0.15, 0.2) is 5.82 Å². The standard InChI is InChI=1S/C18H27N5O2S/c1-13(2)17(18-21-20-16-8-9-19-10-11-23(16)18)22-26(24,25)12-15-6-4-14(3)5-7-15/h4-7,13,17,19,22H,8-12H2,1-3H3/t17-/m0/s1. The predicted molar refractivity (Wildman–Crippen MR) is 101 cm³/mol. The van der Waals surface area contributed by atoms with Crippen LogP contribution in [-0.4, -0.2) is 36.3 Å². The van der Waals surface area contributed by atoms with Gasteiger partial charge >= 0.3 is 0 Å². The molecule has 0 saturated heterocycles. The molecule has 1 aliphatic rings. The van der Waals surface area contributed by atoms with Gasteiger partial charge in [-0.1, -0.05) is 43.7 Å². The molecule has 7 nitrogen and oxygen atoms in total. The van der Waals surface area contributed by atoms with Crippen LogP contribution in [-0.2, 0) is 28.7 Å². The Morgan fingerprint density at radius 1 is 1.19 bits per heavy atom. The second kappa shape index (κ2) is 7.85. The molecule has 0 saturated carbocycles. The number of hydrogen-bond donors (Lipinski definition) is 2. The highest BCUT2D eigenvalue weighted by Crippen LogP contribution is 2.23. The van der Waals surface area contributed by atoms with Crippen molar-refractivity contribution in [2.45, 2.75) is 45.5 Å². The summed E-state index contributed by atoms with van der Waals surface area (Å²) in [7, 11) is -3.50. The molecule has 0 aliphatic carbocycles. The van der Waals surface area contributed by atoms with Gasteiger partial charge in [0.2, 0.25) is 10.0 Å². The van der Waals surface area contributed by atoms with Gasteiger partial charge in [0, 0.05) is 26.1 Å². The molecule has 1 aromatic carbocycles. The van der Waals surface area contributed by atoms with Crippen LogP contribution in [0, 0.1) is 12.8 Å². The van der Waals surface area contributed by atoms with Crippen molar-refractivity contribution in [2.24, 2.45) is 5.92 Å². The lowest BCUT2D eigenvalue weighted by atomic mass is 10.1. The molecule has 1 atom stereocenters. The minimum atomic E-state index is -3.50. The lowest BCUT2D eigenvalue weighted by molar-refractivity contribution is 0.424. The largest absolute Gasteiger partial charge is 0.315 e. The number of sulfonamides is 1. The second-order valence-corrected chi connectivity index (χ2v) is 8.96. The summed E-state index contributed by atoms with van der Waals surface area (Å²) in [6.45, 7) is 8.42. The van der Waals surface area contributed by atoms with E-state index in [1.54, 1.807) is 0 Å². The minimum absolute atomic E-state index is 0.0426. The highest BCUT2D eigenvalue weighted by Gasteiger charge is 2.28. The van der Waals surface area contributed by atoms with Crippen LogP contribution in [0.15, 0.2) is 24.3 Å². The van der Waals surface area contributed by atoms with Gasteiger partial charge in [-0.15, -0.1) is 10.2 Å². The quantitative estimate of drug-likeness (QED) is 0.797. The van der Waals surface area contributed by atoms with Gasteiger partial charge in [-0.3, -0.25) is 0 Å². The lowest BCUT2D eigenvalue weighted by Crippen LogP contribution is -2.35. The van der Waals surface area contributed by atoms with Crippen molar-refractivity contribution in [1.29, 1.82) is 0 Å². The summed E-state index contributed by atoms with van der Waals surface area (Å²) in [6, 6.07) is 7.16. The minimum Gasteiger partial charge on any atom is -0.315 e. The van der Waals surface area contributed by atoms with Crippen LogP contribution >= 0.6 is 0 Å². The highest BCUT2D eigenvalue weighted by molar-refractivity contribution is 7.88. The van der Waals surface area contributed by atoms with Crippen LogP contribution in [0.4, 0.5) is 0 Å². The number of nitrogens with one attached hydrogen (secondary N) is 2. The third kappa shape index (κ3) is 4.49. The first-order valence-electron chi connectivity index (χ1n) is 9.04. The summed E-state index contributed by atoms with van der Waals surface area (Å²) in [5.41, 5.74) is 1.88. The van der Waals surface area contributed by atoms with Gasteiger partial charge in [-0.25, -0.2) is 13.1 Å². The lowest BCUT2D eigenvalue weighted by Gasteiger charge is -2.22. The summed E-state index contributed by atoms with van der Waals surface area (Å²) in [6.07, 6.45) is 0.800. The second-order valence-electron chi connectivity index (χ2n) is 7.21. The molecule has 1 aliphatic heterocycles. The molecular formula is C18H27N5O2S. The Kier molecular flexibility index (Phi) is 5.74. The Morgan fingerprint density at radius 3 is 2.62 bits per heavy atom. The normalized spacial score (nSPS) is 16.3. The fourth-order valence-corrected chi connectivity index (χ4v) is 4.63. The van der Waals surface area contributed by atoms with E-state index >= 15 is 0 Å². The summed E-state index contributed by atoms with van der Waals surface area (Å²) in [5, 5.41) is 11.9. The van der Waals surface area contributed by atoms with Gasteiger partial charge in [0.25, 0.3) is 0 Å². The van der Waals surface area contributed by atoms with E-state index in [2.05, 4.69) is 24.8 Å². The van der Waals surface area contributed by atoms with Crippen LogP contribution in [0.5, 0.6) is 0 Å². The molecule has 1 aromatic heterocycles. The molecule has 0 fully saturated rings. The van der Waals surface area contributed by atoms with Gasteiger partial charge in [0.05, 0.1) is 11.8 Å². The van der Waals surface area contributed by atoms with E-state index in [0.29, 0.717) is 5.82 Å². The molecule has 3 rings (SSSR count). The molecule has 2 aromatic rings. The number of aryl methyl sites for hydroxylation is 1. The summed E-state index contributed by atoms with van der Waals surface area (Å²) in [4.78, 5) is 0. The van der Waals surface area contributed by atoms with E-state index in [4.69, 9.17) is 0 Å². The molecule has 142 valence electrons. The zero-order valence-electron chi connectivity index (χ0n) is 15.6. The monoisotopic (exact) mass is 377 g/mol. The van der Waals surface area contributed by atoms with E-state index in [0.717, 1.165) is 43.0 Å².